The number of thioether (sulfide) groups is 1. The molecule has 0 amide bonds. The van der Waals surface area contributed by atoms with E-state index in [9.17, 15) is 4.79 Å². The molecule has 2 rings (SSSR count). The first kappa shape index (κ1) is 14.1. The largest absolute Gasteiger partial charge is 0.481 e. The highest BCUT2D eigenvalue weighted by Gasteiger charge is 2.09. The van der Waals surface area contributed by atoms with Gasteiger partial charge in [0.05, 0.1) is 17.8 Å². The van der Waals surface area contributed by atoms with Crippen molar-refractivity contribution in [1.82, 2.24) is 14.8 Å². The van der Waals surface area contributed by atoms with Crippen LogP contribution in [0.1, 0.15) is 24.0 Å². The molecule has 0 bridgehead atoms. The molecule has 102 valence electrons. The van der Waals surface area contributed by atoms with Gasteiger partial charge in [-0.1, -0.05) is 18.7 Å². The fourth-order valence-electron chi connectivity index (χ4n) is 1.61. The first-order valence-corrected chi connectivity index (χ1v) is 7.75. The highest BCUT2D eigenvalue weighted by Crippen LogP contribution is 2.26. The molecule has 0 aromatic carbocycles. The van der Waals surface area contributed by atoms with E-state index in [1.54, 1.807) is 17.1 Å². The maximum Gasteiger partial charge on any atom is 0.309 e. The van der Waals surface area contributed by atoms with Crippen molar-refractivity contribution < 1.29 is 9.90 Å². The van der Waals surface area contributed by atoms with E-state index in [0.717, 1.165) is 27.9 Å². The predicted octanol–water partition coefficient (Wildman–Crippen LogP) is 2.36. The summed E-state index contributed by atoms with van der Waals surface area (Å²) < 4.78 is 2.79. The van der Waals surface area contributed by atoms with Gasteiger partial charge < -0.3 is 5.11 Å². The Morgan fingerprint density at radius 3 is 2.95 bits per heavy atom. The summed E-state index contributed by atoms with van der Waals surface area (Å²) in [5, 5.41) is 14.9. The smallest absolute Gasteiger partial charge is 0.309 e. The lowest BCUT2D eigenvalue weighted by Crippen LogP contribution is -2.00. The van der Waals surface area contributed by atoms with E-state index in [1.807, 2.05) is 11.7 Å². The molecule has 0 aliphatic rings. The number of nitrogens with zero attached hydrogens (tertiary/aromatic N) is 3. The van der Waals surface area contributed by atoms with Crippen molar-refractivity contribution >= 4 is 29.1 Å². The number of carboxylic acids is 1. The zero-order valence-electron chi connectivity index (χ0n) is 10.8. The zero-order valence-corrected chi connectivity index (χ0v) is 12.4. The minimum absolute atomic E-state index is 0.0112. The summed E-state index contributed by atoms with van der Waals surface area (Å²) in [7, 11) is 1.94. The lowest BCUT2D eigenvalue weighted by Gasteiger charge is -1.98. The lowest BCUT2D eigenvalue weighted by atomic mass is 10.3. The van der Waals surface area contributed by atoms with Crippen molar-refractivity contribution in [2.45, 2.75) is 29.9 Å². The Morgan fingerprint density at radius 2 is 2.32 bits per heavy atom. The van der Waals surface area contributed by atoms with Crippen LogP contribution in [-0.4, -0.2) is 25.8 Å². The third-order valence-electron chi connectivity index (χ3n) is 2.60. The summed E-state index contributed by atoms with van der Waals surface area (Å²) in [6, 6.07) is 2.10. The normalized spacial score (nSPS) is 10.8. The maximum absolute atomic E-state index is 10.6. The Balaban J connectivity index is 1.96. The highest BCUT2D eigenvalue weighted by molar-refractivity contribution is 8.00. The average Bonchev–Trinajstić information content (AvgIpc) is 2.93. The molecule has 7 heteroatoms. The van der Waals surface area contributed by atoms with Crippen LogP contribution in [0.2, 0.25) is 0 Å². The third kappa shape index (κ3) is 3.81. The van der Waals surface area contributed by atoms with Gasteiger partial charge in [0.15, 0.2) is 4.34 Å². The van der Waals surface area contributed by atoms with Gasteiger partial charge in [-0.2, -0.15) is 5.10 Å². The quantitative estimate of drug-likeness (QED) is 0.829. The van der Waals surface area contributed by atoms with Crippen LogP contribution in [0, 0.1) is 0 Å². The molecule has 0 aliphatic carbocycles. The van der Waals surface area contributed by atoms with Gasteiger partial charge in [0.25, 0.3) is 0 Å². The molecule has 1 N–H and O–H groups in total. The molecule has 0 saturated carbocycles. The second-order valence-corrected chi connectivity index (χ2v) is 6.15. The number of aryl methyl sites for hydroxylation is 2. The minimum atomic E-state index is -0.846. The molecule has 0 unspecified atom stereocenters. The minimum Gasteiger partial charge on any atom is -0.481 e. The van der Waals surface area contributed by atoms with Gasteiger partial charge in [-0.05, 0) is 12.5 Å². The van der Waals surface area contributed by atoms with Crippen molar-refractivity contribution in [2.75, 3.05) is 0 Å². The summed E-state index contributed by atoms with van der Waals surface area (Å²) in [6.07, 6.45) is 0.918. The van der Waals surface area contributed by atoms with Crippen LogP contribution < -0.4 is 0 Å². The van der Waals surface area contributed by atoms with E-state index in [-0.39, 0.29) is 6.42 Å². The van der Waals surface area contributed by atoms with Gasteiger partial charge in [0.1, 0.15) is 0 Å². The van der Waals surface area contributed by atoms with Gasteiger partial charge in [-0.3, -0.25) is 9.48 Å². The molecular formula is C12H15N3O2S2. The Bertz CT molecular complexity index is 577. The van der Waals surface area contributed by atoms with Gasteiger partial charge in [0, 0.05) is 23.9 Å². The highest BCUT2D eigenvalue weighted by atomic mass is 32.2. The number of rotatable bonds is 6. The van der Waals surface area contributed by atoms with Crippen molar-refractivity contribution in [2.24, 2.45) is 7.05 Å². The van der Waals surface area contributed by atoms with Gasteiger partial charge >= 0.3 is 5.97 Å². The van der Waals surface area contributed by atoms with Crippen molar-refractivity contribution in [3.63, 3.8) is 0 Å². The average molecular weight is 297 g/mol. The summed E-state index contributed by atoms with van der Waals surface area (Å²) in [5.41, 5.74) is 2.86. The van der Waals surface area contributed by atoms with Crippen LogP contribution >= 0.6 is 23.1 Å². The summed E-state index contributed by atoms with van der Waals surface area (Å²) >= 11 is 3.10. The molecule has 0 saturated heterocycles. The second-order valence-electron chi connectivity index (χ2n) is 4.07. The Labute approximate surface area is 119 Å². The molecule has 0 atom stereocenters. The van der Waals surface area contributed by atoms with E-state index in [1.165, 1.54) is 11.3 Å². The van der Waals surface area contributed by atoms with E-state index < -0.39 is 5.97 Å². The Morgan fingerprint density at radius 1 is 1.53 bits per heavy atom. The standard InChI is InChI=1S/C12H15N3O2S2/c1-3-8-4-10(15(2)14-8)7-19-12-13-9(6-18-12)5-11(16)17/h4,6H,3,5,7H2,1-2H3,(H,16,17). The van der Waals surface area contributed by atoms with Crippen LogP contribution in [0.25, 0.3) is 0 Å². The molecule has 2 aromatic heterocycles. The van der Waals surface area contributed by atoms with Crippen molar-refractivity contribution in [3.05, 3.63) is 28.5 Å². The first-order chi connectivity index (χ1) is 9.08. The number of carboxylic acid groups (broad SMARTS) is 1. The van der Waals surface area contributed by atoms with Crippen LogP contribution in [0.15, 0.2) is 15.8 Å². The monoisotopic (exact) mass is 297 g/mol. The van der Waals surface area contributed by atoms with E-state index in [4.69, 9.17) is 5.11 Å². The fraction of sp³-hybridized carbons (Fsp3) is 0.417. The molecule has 0 fully saturated rings. The van der Waals surface area contributed by atoms with E-state index >= 15 is 0 Å². The van der Waals surface area contributed by atoms with E-state index in [0.29, 0.717) is 5.69 Å². The third-order valence-corrected chi connectivity index (χ3v) is 4.70. The topological polar surface area (TPSA) is 68.0 Å². The maximum atomic E-state index is 10.6. The molecule has 0 aliphatic heterocycles. The zero-order chi connectivity index (χ0) is 13.8. The van der Waals surface area contributed by atoms with E-state index in [2.05, 4.69) is 23.1 Å². The van der Waals surface area contributed by atoms with Crippen molar-refractivity contribution in [3.8, 4) is 0 Å². The molecular weight excluding hydrogens is 282 g/mol. The Hall–Kier alpha value is -1.34. The van der Waals surface area contributed by atoms with Crippen LogP contribution in [0.4, 0.5) is 0 Å². The number of thiazole rings is 1. The molecule has 0 spiro atoms. The van der Waals surface area contributed by atoms with Crippen molar-refractivity contribution in [1.29, 1.82) is 0 Å². The summed E-state index contributed by atoms with van der Waals surface area (Å²) in [4.78, 5) is 14.9. The van der Waals surface area contributed by atoms with Crippen LogP contribution in [0.5, 0.6) is 0 Å². The molecule has 5 nitrogen and oxygen atoms in total. The second kappa shape index (κ2) is 6.21. The SMILES string of the molecule is CCc1cc(CSc2nc(CC(=O)O)cs2)n(C)n1. The number of hydrogen-bond acceptors (Lipinski definition) is 5. The summed E-state index contributed by atoms with van der Waals surface area (Å²) in [6.45, 7) is 2.08. The fourth-order valence-corrected chi connectivity index (χ4v) is 3.47. The first-order valence-electron chi connectivity index (χ1n) is 5.89. The number of carbonyl (C=O) groups is 1. The molecule has 19 heavy (non-hydrogen) atoms. The number of hydrogen-bond donors (Lipinski definition) is 1. The number of aliphatic carboxylic acids is 1. The molecule has 2 heterocycles. The lowest BCUT2D eigenvalue weighted by molar-refractivity contribution is -0.136. The number of aromatic nitrogens is 3. The van der Waals surface area contributed by atoms with Gasteiger partial charge in [-0.15, -0.1) is 11.3 Å². The van der Waals surface area contributed by atoms with Gasteiger partial charge in [0.2, 0.25) is 0 Å². The predicted molar refractivity (Wildman–Crippen MR) is 75.6 cm³/mol. The Kier molecular flexibility index (Phi) is 4.60. The molecule has 2 aromatic rings. The molecule has 0 radical (unpaired) electrons. The summed E-state index contributed by atoms with van der Waals surface area (Å²) in [5.74, 6) is -0.0511. The van der Waals surface area contributed by atoms with Crippen LogP contribution in [-0.2, 0) is 30.4 Å². The van der Waals surface area contributed by atoms with Crippen LogP contribution in [0.3, 0.4) is 0 Å². The van der Waals surface area contributed by atoms with Gasteiger partial charge in [-0.25, -0.2) is 4.98 Å².